The number of sulfonamides is 1. The van der Waals surface area contributed by atoms with Crippen LogP contribution in [0.1, 0.15) is 34.5 Å². The number of ketones is 1. The number of Topliss-reactive ketones (excluding diaryl/α,β-unsaturated/α-hetero) is 1. The molecule has 31 heavy (non-hydrogen) atoms. The minimum atomic E-state index is -3.86. The first-order valence-electron chi connectivity index (χ1n) is 9.55. The number of rotatable bonds is 8. The van der Waals surface area contributed by atoms with Gasteiger partial charge in [0.1, 0.15) is 0 Å². The van der Waals surface area contributed by atoms with Crippen molar-refractivity contribution < 1.29 is 18.0 Å². The molecule has 1 heterocycles. The van der Waals surface area contributed by atoms with Gasteiger partial charge in [-0.25, -0.2) is 23.1 Å². The number of carbonyl (C=O) groups is 2. The molecule has 1 aromatic heterocycles. The smallest absolute Gasteiger partial charge is 0.264 e. The van der Waals surface area contributed by atoms with E-state index < -0.39 is 10.0 Å². The SMILES string of the molecule is Cc1ccc(C(=O)CCC(=O)Nc2ccc(S(=O)(=O)Nc3nccc(C)n3)cc2)cc1. The standard InChI is InChI=1S/C22H22N4O4S/c1-15-3-5-17(6-4-15)20(27)11-12-21(28)25-18-7-9-19(10-8-18)31(29,30)26-22-23-14-13-16(2)24-22/h3-10,13-14H,11-12H2,1-2H3,(H,25,28)(H,23,24,26). The quantitative estimate of drug-likeness (QED) is 0.520. The van der Waals surface area contributed by atoms with Gasteiger partial charge in [-0.15, -0.1) is 0 Å². The van der Waals surface area contributed by atoms with E-state index >= 15 is 0 Å². The van der Waals surface area contributed by atoms with Crippen molar-refractivity contribution in [1.29, 1.82) is 0 Å². The van der Waals surface area contributed by atoms with Crippen molar-refractivity contribution in [3.8, 4) is 0 Å². The first kappa shape index (κ1) is 22.1. The lowest BCUT2D eigenvalue weighted by molar-refractivity contribution is -0.116. The van der Waals surface area contributed by atoms with Gasteiger partial charge in [-0.3, -0.25) is 9.59 Å². The Kier molecular flexibility index (Phi) is 6.76. The van der Waals surface area contributed by atoms with Gasteiger partial charge < -0.3 is 5.32 Å². The van der Waals surface area contributed by atoms with Gasteiger partial charge in [0.15, 0.2) is 5.78 Å². The Hall–Kier alpha value is -3.59. The van der Waals surface area contributed by atoms with Crippen LogP contribution in [0.2, 0.25) is 0 Å². The number of anilines is 2. The van der Waals surface area contributed by atoms with Crippen molar-refractivity contribution in [2.45, 2.75) is 31.6 Å². The minimum Gasteiger partial charge on any atom is -0.326 e. The molecule has 0 aliphatic heterocycles. The molecule has 2 aromatic carbocycles. The largest absolute Gasteiger partial charge is 0.326 e. The summed E-state index contributed by atoms with van der Waals surface area (Å²) in [6.45, 7) is 3.66. The van der Waals surface area contributed by atoms with Crippen LogP contribution in [0.4, 0.5) is 11.6 Å². The van der Waals surface area contributed by atoms with Gasteiger partial charge in [-0.1, -0.05) is 29.8 Å². The Bertz CT molecular complexity index is 1190. The van der Waals surface area contributed by atoms with Crippen LogP contribution in [-0.2, 0) is 14.8 Å². The molecule has 0 unspecified atom stereocenters. The van der Waals surface area contributed by atoms with Crippen LogP contribution in [0.5, 0.6) is 0 Å². The van der Waals surface area contributed by atoms with Gasteiger partial charge in [0.05, 0.1) is 4.90 Å². The molecular weight excluding hydrogens is 416 g/mol. The highest BCUT2D eigenvalue weighted by atomic mass is 32.2. The van der Waals surface area contributed by atoms with E-state index in [4.69, 9.17) is 0 Å². The average Bonchev–Trinajstić information content (AvgIpc) is 2.72. The lowest BCUT2D eigenvalue weighted by Crippen LogP contribution is -2.16. The van der Waals surface area contributed by atoms with Gasteiger partial charge in [0, 0.05) is 36.0 Å². The first-order chi connectivity index (χ1) is 14.7. The van der Waals surface area contributed by atoms with Crippen LogP contribution in [0.25, 0.3) is 0 Å². The fourth-order valence-corrected chi connectivity index (χ4v) is 3.68. The second-order valence-electron chi connectivity index (χ2n) is 6.99. The van der Waals surface area contributed by atoms with Gasteiger partial charge >= 0.3 is 0 Å². The number of hydrogen-bond acceptors (Lipinski definition) is 6. The Morgan fingerprint density at radius 2 is 1.58 bits per heavy atom. The van der Waals surface area contributed by atoms with Gasteiger partial charge in [-0.05, 0) is 44.2 Å². The number of nitrogens with one attached hydrogen (secondary N) is 2. The summed E-state index contributed by atoms with van der Waals surface area (Å²) in [7, 11) is -3.86. The summed E-state index contributed by atoms with van der Waals surface area (Å²) in [4.78, 5) is 32.2. The maximum absolute atomic E-state index is 12.5. The summed E-state index contributed by atoms with van der Waals surface area (Å²) in [5, 5.41) is 2.66. The minimum absolute atomic E-state index is 0.00477. The molecule has 0 aliphatic rings. The van der Waals surface area contributed by atoms with Crippen molar-refractivity contribution in [3.63, 3.8) is 0 Å². The lowest BCUT2D eigenvalue weighted by atomic mass is 10.0. The second-order valence-corrected chi connectivity index (χ2v) is 8.67. The maximum atomic E-state index is 12.5. The van der Waals surface area contributed by atoms with Crippen molar-refractivity contribution >= 4 is 33.3 Å². The third kappa shape index (κ3) is 6.19. The molecule has 2 N–H and O–H groups in total. The van der Waals surface area contributed by atoms with Crippen molar-refractivity contribution in [2.75, 3.05) is 10.0 Å². The van der Waals surface area contributed by atoms with Crippen molar-refractivity contribution in [1.82, 2.24) is 9.97 Å². The van der Waals surface area contributed by atoms with E-state index in [0.717, 1.165) is 5.56 Å². The zero-order chi connectivity index (χ0) is 22.4. The number of amides is 1. The van der Waals surface area contributed by atoms with E-state index in [-0.39, 0.29) is 35.4 Å². The van der Waals surface area contributed by atoms with Crippen LogP contribution in [-0.4, -0.2) is 30.1 Å². The fraction of sp³-hybridized carbons (Fsp3) is 0.182. The zero-order valence-electron chi connectivity index (χ0n) is 17.1. The van der Waals surface area contributed by atoms with Gasteiger partial charge in [-0.2, -0.15) is 0 Å². The average molecular weight is 439 g/mol. The molecule has 0 bridgehead atoms. The molecule has 0 saturated heterocycles. The Morgan fingerprint density at radius 1 is 0.903 bits per heavy atom. The molecule has 0 saturated carbocycles. The van der Waals surface area contributed by atoms with Crippen LogP contribution in [0.15, 0.2) is 65.7 Å². The first-order valence-corrected chi connectivity index (χ1v) is 11.0. The summed E-state index contributed by atoms with van der Waals surface area (Å²) in [5.41, 5.74) is 2.68. The van der Waals surface area contributed by atoms with E-state index in [1.165, 1.54) is 30.5 Å². The van der Waals surface area contributed by atoms with Crippen molar-refractivity contribution in [2.24, 2.45) is 0 Å². The Labute approximate surface area is 180 Å². The molecule has 0 spiro atoms. The molecule has 3 rings (SSSR count). The number of nitrogens with zero attached hydrogens (tertiary/aromatic N) is 2. The maximum Gasteiger partial charge on any atom is 0.264 e. The zero-order valence-corrected chi connectivity index (χ0v) is 17.9. The molecule has 160 valence electrons. The van der Waals surface area contributed by atoms with Gasteiger partial charge in [0.25, 0.3) is 10.0 Å². The van der Waals surface area contributed by atoms with Crippen LogP contribution in [0.3, 0.4) is 0 Å². The molecule has 9 heteroatoms. The summed E-state index contributed by atoms with van der Waals surface area (Å²) in [5.74, 6) is -0.459. The topological polar surface area (TPSA) is 118 Å². The number of aryl methyl sites for hydroxylation is 2. The summed E-state index contributed by atoms with van der Waals surface area (Å²) in [6.07, 6.45) is 1.57. The summed E-state index contributed by atoms with van der Waals surface area (Å²) < 4.78 is 27.2. The fourth-order valence-electron chi connectivity index (χ4n) is 2.73. The molecule has 0 radical (unpaired) electrons. The van der Waals surface area contributed by atoms with Crippen molar-refractivity contribution in [3.05, 3.63) is 77.6 Å². The molecule has 8 nitrogen and oxygen atoms in total. The molecule has 3 aromatic rings. The highest BCUT2D eigenvalue weighted by molar-refractivity contribution is 7.92. The summed E-state index contributed by atoms with van der Waals surface area (Å²) >= 11 is 0. The highest BCUT2D eigenvalue weighted by Gasteiger charge is 2.16. The van der Waals surface area contributed by atoms with Crippen LogP contribution in [0, 0.1) is 13.8 Å². The second kappa shape index (κ2) is 9.48. The number of carbonyl (C=O) groups excluding carboxylic acids is 2. The Balaban J connectivity index is 1.56. The van der Waals surface area contributed by atoms with E-state index in [1.807, 2.05) is 19.1 Å². The number of hydrogen-bond donors (Lipinski definition) is 2. The number of benzene rings is 2. The normalized spacial score (nSPS) is 11.0. The van der Waals surface area contributed by atoms with Crippen LogP contribution < -0.4 is 10.0 Å². The van der Waals surface area contributed by atoms with E-state index in [1.54, 1.807) is 25.1 Å². The predicted molar refractivity (Wildman–Crippen MR) is 117 cm³/mol. The number of aromatic nitrogens is 2. The molecule has 0 atom stereocenters. The highest BCUT2D eigenvalue weighted by Crippen LogP contribution is 2.17. The van der Waals surface area contributed by atoms with Gasteiger partial charge in [0.2, 0.25) is 11.9 Å². The predicted octanol–water partition coefficient (Wildman–Crippen LogP) is 3.50. The molecule has 0 aliphatic carbocycles. The third-order valence-corrected chi connectivity index (χ3v) is 5.77. The summed E-state index contributed by atoms with van der Waals surface area (Å²) in [6, 6.07) is 14.5. The molecule has 0 fully saturated rings. The monoisotopic (exact) mass is 438 g/mol. The van der Waals surface area contributed by atoms with Crippen LogP contribution >= 0.6 is 0 Å². The third-order valence-electron chi connectivity index (χ3n) is 4.42. The van der Waals surface area contributed by atoms with E-state index in [0.29, 0.717) is 16.9 Å². The Morgan fingerprint density at radius 3 is 2.23 bits per heavy atom. The van der Waals surface area contributed by atoms with E-state index in [9.17, 15) is 18.0 Å². The molecule has 1 amide bonds. The van der Waals surface area contributed by atoms with E-state index in [2.05, 4.69) is 20.0 Å². The molecular formula is C22H22N4O4S. The lowest BCUT2D eigenvalue weighted by Gasteiger charge is -2.09.